The Bertz CT molecular complexity index is 497. The van der Waals surface area contributed by atoms with E-state index in [1.807, 2.05) is 25.1 Å². The van der Waals surface area contributed by atoms with Crippen molar-refractivity contribution < 1.29 is 19.1 Å². The summed E-state index contributed by atoms with van der Waals surface area (Å²) in [5.74, 6) is 0.515. The van der Waals surface area contributed by atoms with Crippen molar-refractivity contribution in [2.24, 2.45) is 0 Å². The third kappa shape index (κ3) is 5.85. The van der Waals surface area contributed by atoms with Crippen LogP contribution in [0.1, 0.15) is 37.3 Å². The lowest BCUT2D eigenvalue weighted by Gasteiger charge is -2.12. The first-order valence-corrected chi connectivity index (χ1v) is 7.01. The summed E-state index contributed by atoms with van der Waals surface area (Å²) in [5.41, 5.74) is 2.42. The normalized spacial score (nSPS) is 10.3. The quantitative estimate of drug-likeness (QED) is 0.783. The molecule has 5 heteroatoms. The zero-order valence-electron chi connectivity index (χ0n) is 13.1. The van der Waals surface area contributed by atoms with Crippen molar-refractivity contribution in [3.8, 4) is 5.75 Å². The Hall–Kier alpha value is -2.04. The minimum absolute atomic E-state index is 0.0678. The number of rotatable bonds is 7. The van der Waals surface area contributed by atoms with E-state index in [0.717, 1.165) is 5.56 Å². The summed E-state index contributed by atoms with van der Waals surface area (Å²) in [6.45, 7) is 6.48. The fraction of sp³-hybridized carbons (Fsp3) is 0.500. The molecule has 1 N–H and O–H groups in total. The molecule has 0 atom stereocenters. The van der Waals surface area contributed by atoms with Crippen LogP contribution in [-0.4, -0.2) is 32.1 Å². The van der Waals surface area contributed by atoms with E-state index >= 15 is 0 Å². The number of hydrogen-bond donors (Lipinski definition) is 1. The third-order valence-electron chi connectivity index (χ3n) is 3.11. The number of nitrogens with one attached hydrogen (secondary N) is 1. The molecule has 0 aliphatic rings. The van der Waals surface area contributed by atoms with E-state index in [0.29, 0.717) is 11.7 Å². The predicted octanol–water partition coefficient (Wildman–Crippen LogP) is 2.18. The van der Waals surface area contributed by atoms with Crippen LogP contribution in [0.2, 0.25) is 0 Å². The molecule has 1 aromatic carbocycles. The zero-order chi connectivity index (χ0) is 15.8. The van der Waals surface area contributed by atoms with E-state index in [2.05, 4.69) is 23.9 Å². The highest BCUT2D eigenvalue weighted by atomic mass is 16.5. The molecule has 0 saturated heterocycles. The molecule has 0 saturated carbocycles. The first-order valence-electron chi connectivity index (χ1n) is 7.01. The number of benzene rings is 1. The van der Waals surface area contributed by atoms with Crippen molar-refractivity contribution in [3.05, 3.63) is 29.3 Å². The Balaban J connectivity index is 2.39. The van der Waals surface area contributed by atoms with Crippen molar-refractivity contribution in [3.63, 3.8) is 0 Å². The van der Waals surface area contributed by atoms with Gasteiger partial charge in [-0.2, -0.15) is 0 Å². The highest BCUT2D eigenvalue weighted by Crippen LogP contribution is 2.23. The molecular weight excluding hydrogens is 270 g/mol. The monoisotopic (exact) mass is 293 g/mol. The van der Waals surface area contributed by atoms with Gasteiger partial charge in [-0.1, -0.05) is 19.9 Å². The SMILES string of the molecule is COC(=O)CCNC(=O)COc1ccc(C(C)C)c(C)c1. The number of carbonyl (C=O) groups excluding carboxylic acids is 2. The van der Waals surface area contributed by atoms with Crippen molar-refractivity contribution in [2.45, 2.75) is 33.1 Å². The van der Waals surface area contributed by atoms with Gasteiger partial charge in [-0.05, 0) is 36.1 Å². The van der Waals surface area contributed by atoms with Gasteiger partial charge in [-0.25, -0.2) is 0 Å². The summed E-state index contributed by atoms with van der Waals surface area (Å²) < 4.78 is 9.92. The van der Waals surface area contributed by atoms with Gasteiger partial charge in [0.2, 0.25) is 0 Å². The second kappa shape index (κ2) is 8.29. The Morgan fingerprint density at radius 1 is 1.29 bits per heavy atom. The lowest BCUT2D eigenvalue weighted by molar-refractivity contribution is -0.140. The van der Waals surface area contributed by atoms with Crippen LogP contribution in [-0.2, 0) is 14.3 Å². The van der Waals surface area contributed by atoms with Crippen LogP contribution < -0.4 is 10.1 Å². The first kappa shape index (κ1) is 17.0. The molecule has 0 aliphatic heterocycles. The van der Waals surface area contributed by atoms with Crippen LogP contribution in [0.5, 0.6) is 5.75 Å². The smallest absolute Gasteiger partial charge is 0.307 e. The summed E-state index contributed by atoms with van der Waals surface area (Å²) in [6.07, 6.45) is 0.157. The van der Waals surface area contributed by atoms with E-state index in [1.165, 1.54) is 12.7 Å². The Morgan fingerprint density at radius 2 is 2.00 bits per heavy atom. The molecule has 1 aromatic rings. The van der Waals surface area contributed by atoms with Crippen molar-refractivity contribution in [1.29, 1.82) is 0 Å². The minimum Gasteiger partial charge on any atom is -0.484 e. The summed E-state index contributed by atoms with van der Waals surface area (Å²) in [5, 5.41) is 2.60. The van der Waals surface area contributed by atoms with E-state index < -0.39 is 0 Å². The summed E-state index contributed by atoms with van der Waals surface area (Å²) >= 11 is 0. The molecule has 1 amide bonds. The number of esters is 1. The molecule has 0 unspecified atom stereocenters. The highest BCUT2D eigenvalue weighted by molar-refractivity contribution is 5.78. The number of ether oxygens (including phenoxy) is 2. The number of hydrogen-bond acceptors (Lipinski definition) is 4. The van der Waals surface area contributed by atoms with Crippen molar-refractivity contribution in [1.82, 2.24) is 5.32 Å². The van der Waals surface area contributed by atoms with E-state index in [-0.39, 0.29) is 31.4 Å². The Labute approximate surface area is 125 Å². The second-order valence-electron chi connectivity index (χ2n) is 5.14. The van der Waals surface area contributed by atoms with Gasteiger partial charge in [0.15, 0.2) is 6.61 Å². The predicted molar refractivity (Wildman–Crippen MR) is 80.4 cm³/mol. The molecule has 116 valence electrons. The topological polar surface area (TPSA) is 64.6 Å². The van der Waals surface area contributed by atoms with Gasteiger partial charge in [0.1, 0.15) is 5.75 Å². The van der Waals surface area contributed by atoms with Gasteiger partial charge >= 0.3 is 5.97 Å². The van der Waals surface area contributed by atoms with Crippen LogP contribution >= 0.6 is 0 Å². The van der Waals surface area contributed by atoms with Gasteiger partial charge in [0, 0.05) is 6.54 Å². The summed E-state index contributed by atoms with van der Waals surface area (Å²) in [6, 6.07) is 5.81. The second-order valence-corrected chi connectivity index (χ2v) is 5.14. The van der Waals surface area contributed by atoms with Gasteiger partial charge in [-0.3, -0.25) is 9.59 Å². The first-order chi connectivity index (χ1) is 9.93. The molecular formula is C16H23NO4. The number of carbonyl (C=O) groups is 2. The van der Waals surface area contributed by atoms with Crippen LogP contribution in [0.25, 0.3) is 0 Å². The summed E-state index contributed by atoms with van der Waals surface area (Å²) in [7, 11) is 1.32. The van der Waals surface area contributed by atoms with Gasteiger partial charge < -0.3 is 14.8 Å². The maximum atomic E-state index is 11.6. The largest absolute Gasteiger partial charge is 0.484 e. The van der Waals surface area contributed by atoms with Crippen LogP contribution in [0.3, 0.4) is 0 Å². The zero-order valence-corrected chi connectivity index (χ0v) is 13.1. The average Bonchev–Trinajstić information content (AvgIpc) is 2.44. The maximum absolute atomic E-state index is 11.6. The van der Waals surface area contributed by atoms with E-state index in [9.17, 15) is 9.59 Å². The van der Waals surface area contributed by atoms with Gasteiger partial charge in [-0.15, -0.1) is 0 Å². The number of amides is 1. The molecule has 0 aromatic heterocycles. The molecule has 0 fully saturated rings. The summed E-state index contributed by atoms with van der Waals surface area (Å²) in [4.78, 5) is 22.5. The van der Waals surface area contributed by atoms with Gasteiger partial charge in [0.25, 0.3) is 5.91 Å². The van der Waals surface area contributed by atoms with Crippen LogP contribution in [0.15, 0.2) is 18.2 Å². The number of aryl methyl sites for hydroxylation is 1. The maximum Gasteiger partial charge on any atom is 0.307 e. The molecule has 0 spiro atoms. The van der Waals surface area contributed by atoms with Gasteiger partial charge in [0.05, 0.1) is 13.5 Å². The van der Waals surface area contributed by atoms with Crippen molar-refractivity contribution >= 4 is 11.9 Å². The lowest BCUT2D eigenvalue weighted by Crippen LogP contribution is -2.30. The lowest BCUT2D eigenvalue weighted by atomic mass is 9.98. The molecule has 0 bridgehead atoms. The third-order valence-corrected chi connectivity index (χ3v) is 3.11. The molecule has 5 nitrogen and oxygen atoms in total. The fourth-order valence-corrected chi connectivity index (χ4v) is 1.99. The standard InChI is InChI=1S/C16H23NO4/c1-11(2)14-6-5-13(9-12(14)3)21-10-15(18)17-8-7-16(19)20-4/h5-6,9,11H,7-8,10H2,1-4H3,(H,17,18). The molecule has 0 heterocycles. The highest BCUT2D eigenvalue weighted by Gasteiger charge is 2.07. The fourth-order valence-electron chi connectivity index (χ4n) is 1.99. The Morgan fingerprint density at radius 3 is 2.57 bits per heavy atom. The van der Waals surface area contributed by atoms with Crippen LogP contribution in [0.4, 0.5) is 0 Å². The average molecular weight is 293 g/mol. The Kier molecular flexibility index (Phi) is 6.72. The van der Waals surface area contributed by atoms with E-state index in [4.69, 9.17) is 4.74 Å². The van der Waals surface area contributed by atoms with E-state index in [1.54, 1.807) is 0 Å². The molecule has 0 aliphatic carbocycles. The van der Waals surface area contributed by atoms with Crippen molar-refractivity contribution in [2.75, 3.05) is 20.3 Å². The molecule has 1 rings (SSSR count). The number of methoxy groups -OCH3 is 1. The molecule has 21 heavy (non-hydrogen) atoms. The minimum atomic E-state index is -0.351. The van der Waals surface area contributed by atoms with Crippen LogP contribution in [0, 0.1) is 6.92 Å². The molecule has 0 radical (unpaired) electrons.